The second kappa shape index (κ2) is 7.44. The highest BCUT2D eigenvalue weighted by Gasteiger charge is 2.27. The number of aromatic nitrogens is 1. The summed E-state index contributed by atoms with van der Waals surface area (Å²) in [7, 11) is 0. The molecule has 1 atom stereocenters. The fourth-order valence-electron chi connectivity index (χ4n) is 3.82. The Balaban J connectivity index is 1.39. The molecule has 1 aliphatic heterocycles. The number of para-hydroxylation sites is 1. The average molecular weight is 347 g/mol. The van der Waals surface area contributed by atoms with Crippen LogP contribution in [0.25, 0.3) is 10.9 Å². The molecule has 1 aromatic heterocycles. The van der Waals surface area contributed by atoms with E-state index in [1.165, 1.54) is 5.56 Å². The van der Waals surface area contributed by atoms with Crippen molar-refractivity contribution < 1.29 is 4.79 Å². The van der Waals surface area contributed by atoms with Crippen LogP contribution in [0.3, 0.4) is 0 Å². The van der Waals surface area contributed by atoms with Gasteiger partial charge in [-0.2, -0.15) is 0 Å². The van der Waals surface area contributed by atoms with Crippen LogP contribution < -0.4 is 0 Å². The van der Waals surface area contributed by atoms with Crippen LogP contribution in [0.5, 0.6) is 0 Å². The number of H-pyrrole nitrogens is 1. The van der Waals surface area contributed by atoms with Gasteiger partial charge in [-0.15, -0.1) is 0 Å². The number of aromatic amines is 1. The van der Waals surface area contributed by atoms with Gasteiger partial charge in [0.25, 0.3) is 0 Å². The zero-order chi connectivity index (χ0) is 17.9. The molecule has 0 amide bonds. The van der Waals surface area contributed by atoms with E-state index in [4.69, 9.17) is 0 Å². The van der Waals surface area contributed by atoms with Crippen LogP contribution in [-0.4, -0.2) is 52.8 Å². The van der Waals surface area contributed by atoms with Crippen molar-refractivity contribution in [1.29, 1.82) is 0 Å². The number of benzene rings is 2. The van der Waals surface area contributed by atoms with E-state index in [-0.39, 0.29) is 11.8 Å². The molecule has 2 heterocycles. The van der Waals surface area contributed by atoms with E-state index in [1.807, 2.05) is 37.4 Å². The Morgan fingerprint density at radius 3 is 2.46 bits per heavy atom. The molecule has 0 bridgehead atoms. The Hall–Kier alpha value is -2.43. The van der Waals surface area contributed by atoms with Crippen molar-refractivity contribution in [2.75, 3.05) is 26.2 Å². The minimum absolute atomic E-state index is 0.0897. The van der Waals surface area contributed by atoms with E-state index in [9.17, 15) is 4.79 Å². The van der Waals surface area contributed by atoms with Crippen molar-refractivity contribution in [1.82, 2.24) is 14.8 Å². The third-order valence-corrected chi connectivity index (χ3v) is 5.44. The summed E-state index contributed by atoms with van der Waals surface area (Å²) in [5.41, 5.74) is 3.18. The number of hydrogen-bond donors (Lipinski definition) is 1. The van der Waals surface area contributed by atoms with Gasteiger partial charge in [-0.3, -0.25) is 14.6 Å². The molecule has 134 valence electrons. The molecule has 4 heteroatoms. The Morgan fingerprint density at radius 1 is 1.00 bits per heavy atom. The van der Waals surface area contributed by atoms with Crippen LogP contribution in [0.15, 0.2) is 60.8 Å². The van der Waals surface area contributed by atoms with Crippen molar-refractivity contribution in [2.45, 2.75) is 19.5 Å². The molecule has 2 aromatic carbocycles. The van der Waals surface area contributed by atoms with E-state index in [0.29, 0.717) is 0 Å². The van der Waals surface area contributed by atoms with Crippen molar-refractivity contribution in [3.63, 3.8) is 0 Å². The minimum Gasteiger partial charge on any atom is -0.360 e. The number of carbonyl (C=O) groups excluding carboxylic acids is 1. The van der Waals surface area contributed by atoms with Gasteiger partial charge < -0.3 is 4.98 Å². The minimum atomic E-state index is -0.0897. The molecule has 0 saturated carbocycles. The first-order chi connectivity index (χ1) is 12.7. The normalized spacial score (nSPS) is 17.4. The molecular weight excluding hydrogens is 322 g/mol. The Morgan fingerprint density at radius 2 is 1.69 bits per heavy atom. The first-order valence-electron chi connectivity index (χ1n) is 9.33. The van der Waals surface area contributed by atoms with Crippen LogP contribution in [0.2, 0.25) is 0 Å². The van der Waals surface area contributed by atoms with Gasteiger partial charge in [0.15, 0.2) is 5.78 Å². The highest BCUT2D eigenvalue weighted by molar-refractivity contribution is 6.10. The second-order valence-corrected chi connectivity index (χ2v) is 7.09. The predicted octanol–water partition coefficient (Wildman–Crippen LogP) is 3.56. The number of nitrogens with zero attached hydrogens (tertiary/aromatic N) is 2. The van der Waals surface area contributed by atoms with E-state index in [2.05, 4.69) is 45.1 Å². The zero-order valence-corrected chi connectivity index (χ0v) is 15.2. The lowest BCUT2D eigenvalue weighted by atomic mass is 10.0. The highest BCUT2D eigenvalue weighted by Crippen LogP contribution is 2.21. The number of fused-ring (bicyclic) bond motifs is 1. The molecule has 0 spiro atoms. The Bertz CT molecular complexity index is 879. The largest absolute Gasteiger partial charge is 0.360 e. The maximum Gasteiger partial charge on any atom is 0.181 e. The van der Waals surface area contributed by atoms with Crippen LogP contribution >= 0.6 is 0 Å². The lowest BCUT2D eigenvalue weighted by Crippen LogP contribution is -2.51. The highest BCUT2D eigenvalue weighted by atomic mass is 16.1. The summed E-state index contributed by atoms with van der Waals surface area (Å²) >= 11 is 0. The number of nitrogens with one attached hydrogen (secondary N) is 1. The number of Topliss-reactive ketones (excluding diaryl/α,β-unsaturated/α-hetero) is 1. The second-order valence-electron chi connectivity index (χ2n) is 7.09. The number of hydrogen-bond acceptors (Lipinski definition) is 3. The molecule has 0 radical (unpaired) electrons. The van der Waals surface area contributed by atoms with Crippen LogP contribution in [0, 0.1) is 0 Å². The first kappa shape index (κ1) is 17.0. The monoisotopic (exact) mass is 347 g/mol. The van der Waals surface area contributed by atoms with Crippen LogP contribution in [0.1, 0.15) is 22.8 Å². The lowest BCUT2D eigenvalue weighted by Gasteiger charge is -2.37. The summed E-state index contributed by atoms with van der Waals surface area (Å²) in [6.07, 6.45) is 1.86. The molecule has 0 aliphatic carbocycles. The number of piperazine rings is 1. The van der Waals surface area contributed by atoms with Gasteiger partial charge in [-0.05, 0) is 18.6 Å². The molecule has 26 heavy (non-hydrogen) atoms. The van der Waals surface area contributed by atoms with Crippen molar-refractivity contribution in [3.05, 3.63) is 71.9 Å². The van der Waals surface area contributed by atoms with Gasteiger partial charge in [0, 0.05) is 55.4 Å². The van der Waals surface area contributed by atoms with Gasteiger partial charge >= 0.3 is 0 Å². The molecular formula is C22H25N3O. The lowest BCUT2D eigenvalue weighted by molar-refractivity contribution is 0.0689. The SMILES string of the molecule is C[C@@H](C(=O)c1c[nH]c2ccccc12)N1CCN(Cc2ccccc2)CC1. The van der Waals surface area contributed by atoms with E-state index < -0.39 is 0 Å². The fraction of sp³-hybridized carbons (Fsp3) is 0.318. The van der Waals surface area contributed by atoms with E-state index >= 15 is 0 Å². The molecule has 4 rings (SSSR count). The summed E-state index contributed by atoms with van der Waals surface area (Å²) in [4.78, 5) is 21.0. The zero-order valence-electron chi connectivity index (χ0n) is 15.2. The number of ketones is 1. The maximum atomic E-state index is 13.0. The molecule has 1 N–H and O–H groups in total. The number of rotatable bonds is 5. The topological polar surface area (TPSA) is 39.3 Å². The van der Waals surface area contributed by atoms with E-state index in [1.54, 1.807) is 0 Å². The summed E-state index contributed by atoms with van der Waals surface area (Å²) < 4.78 is 0. The van der Waals surface area contributed by atoms with Gasteiger partial charge in [0.2, 0.25) is 0 Å². The predicted molar refractivity (Wildman–Crippen MR) is 105 cm³/mol. The van der Waals surface area contributed by atoms with Crippen molar-refractivity contribution in [2.24, 2.45) is 0 Å². The third kappa shape index (κ3) is 3.43. The van der Waals surface area contributed by atoms with Gasteiger partial charge in [0.1, 0.15) is 0 Å². The van der Waals surface area contributed by atoms with E-state index in [0.717, 1.165) is 49.2 Å². The van der Waals surface area contributed by atoms with Gasteiger partial charge in [-0.25, -0.2) is 0 Å². The summed E-state index contributed by atoms with van der Waals surface area (Å²) in [6.45, 7) is 6.89. The first-order valence-corrected chi connectivity index (χ1v) is 9.33. The smallest absolute Gasteiger partial charge is 0.181 e. The molecule has 1 aliphatic rings. The molecule has 1 fully saturated rings. The van der Waals surface area contributed by atoms with Crippen LogP contribution in [-0.2, 0) is 6.54 Å². The third-order valence-electron chi connectivity index (χ3n) is 5.44. The standard InChI is InChI=1S/C22H25N3O/c1-17(22(26)20-15-23-21-10-6-5-9-19(20)21)25-13-11-24(12-14-25)16-18-7-3-2-4-8-18/h2-10,15,17,23H,11-14,16H2,1H3/t17-/m0/s1. The summed E-state index contributed by atoms with van der Waals surface area (Å²) in [6, 6.07) is 18.5. The Kier molecular flexibility index (Phi) is 4.87. The van der Waals surface area contributed by atoms with Gasteiger partial charge in [0.05, 0.1) is 6.04 Å². The summed E-state index contributed by atoms with van der Waals surface area (Å²) in [5.74, 6) is 0.207. The maximum absolute atomic E-state index is 13.0. The number of carbonyl (C=O) groups is 1. The molecule has 0 unspecified atom stereocenters. The van der Waals surface area contributed by atoms with Crippen molar-refractivity contribution in [3.8, 4) is 0 Å². The average Bonchev–Trinajstić information content (AvgIpc) is 3.12. The molecule has 4 nitrogen and oxygen atoms in total. The van der Waals surface area contributed by atoms with Crippen LogP contribution in [0.4, 0.5) is 0 Å². The summed E-state index contributed by atoms with van der Waals surface area (Å²) in [5, 5.41) is 1.02. The van der Waals surface area contributed by atoms with Gasteiger partial charge in [-0.1, -0.05) is 48.5 Å². The molecule has 1 saturated heterocycles. The molecule has 3 aromatic rings. The van der Waals surface area contributed by atoms with Crippen molar-refractivity contribution >= 4 is 16.7 Å². The quantitative estimate of drug-likeness (QED) is 0.718. The fourth-order valence-corrected chi connectivity index (χ4v) is 3.82. The Labute approximate surface area is 154 Å².